The van der Waals surface area contributed by atoms with Crippen molar-refractivity contribution < 1.29 is 22.7 Å². The van der Waals surface area contributed by atoms with E-state index in [1.54, 1.807) is 4.90 Å². The number of carbonyl (C=O) groups is 1. The lowest BCUT2D eigenvalue weighted by atomic mass is 9.66. The van der Waals surface area contributed by atoms with Gasteiger partial charge in [-0.1, -0.05) is 0 Å². The van der Waals surface area contributed by atoms with E-state index in [0.29, 0.717) is 19.7 Å². The van der Waals surface area contributed by atoms with E-state index >= 15 is 0 Å². The smallest absolute Gasteiger partial charge is 0.378 e. The molecule has 3 rings (SSSR count). The third kappa shape index (κ3) is 3.36. The predicted octanol–water partition coefficient (Wildman–Crippen LogP) is 2.48. The van der Waals surface area contributed by atoms with Crippen molar-refractivity contribution in [1.29, 1.82) is 0 Å². The number of likely N-dealkylation sites (tertiary alicyclic amines) is 1. The summed E-state index contributed by atoms with van der Waals surface area (Å²) < 4.78 is 43.9. The molecule has 128 valence electrons. The van der Waals surface area contributed by atoms with Gasteiger partial charge in [-0.25, -0.2) is 0 Å². The minimum atomic E-state index is -4.40. The van der Waals surface area contributed by atoms with Crippen LogP contribution in [0.1, 0.15) is 36.7 Å². The molecule has 0 bridgehead atoms. The van der Waals surface area contributed by atoms with Crippen LogP contribution in [0.5, 0.6) is 0 Å². The van der Waals surface area contributed by atoms with Crippen LogP contribution in [0.3, 0.4) is 0 Å². The normalized spacial score (nSPS) is 27.5. The predicted molar refractivity (Wildman–Crippen MR) is 75.9 cm³/mol. The highest BCUT2D eigenvalue weighted by atomic mass is 19.4. The van der Waals surface area contributed by atoms with Crippen molar-refractivity contribution in [3.8, 4) is 0 Å². The quantitative estimate of drug-likeness (QED) is 0.852. The van der Waals surface area contributed by atoms with Crippen molar-refractivity contribution in [2.75, 3.05) is 19.7 Å². The van der Waals surface area contributed by atoms with Crippen LogP contribution >= 0.6 is 0 Å². The molecule has 0 atom stereocenters. The van der Waals surface area contributed by atoms with E-state index < -0.39 is 12.7 Å². The molecule has 0 aromatic carbocycles. The van der Waals surface area contributed by atoms with Crippen molar-refractivity contribution in [3.63, 3.8) is 0 Å². The Bertz CT molecular complexity index is 579. The first kappa shape index (κ1) is 16.3. The van der Waals surface area contributed by atoms with Crippen molar-refractivity contribution in [1.82, 2.24) is 14.7 Å². The molecule has 1 aliphatic carbocycles. The third-order valence-corrected chi connectivity index (χ3v) is 4.71. The van der Waals surface area contributed by atoms with Gasteiger partial charge in [-0.05, 0) is 37.7 Å². The van der Waals surface area contributed by atoms with Crippen LogP contribution in [0.2, 0.25) is 0 Å². The van der Waals surface area contributed by atoms with Crippen LogP contribution in [0.15, 0.2) is 12.3 Å². The second-order valence-corrected chi connectivity index (χ2v) is 6.45. The fourth-order valence-corrected chi connectivity index (χ4v) is 3.67. The van der Waals surface area contributed by atoms with Gasteiger partial charge in [-0.15, -0.1) is 0 Å². The van der Waals surface area contributed by atoms with Crippen molar-refractivity contribution >= 4 is 5.91 Å². The van der Waals surface area contributed by atoms with E-state index in [2.05, 4.69) is 5.10 Å². The molecule has 0 unspecified atom stereocenters. The minimum absolute atomic E-state index is 0.0000525. The molecular formula is C15H20F3N3O2. The molecule has 1 aromatic heterocycles. The monoisotopic (exact) mass is 331 g/mol. The van der Waals surface area contributed by atoms with Crippen molar-refractivity contribution in [3.05, 3.63) is 18.0 Å². The van der Waals surface area contributed by atoms with Crippen LogP contribution in [-0.2, 0) is 11.3 Å². The average molecular weight is 331 g/mol. The summed E-state index contributed by atoms with van der Waals surface area (Å²) in [5.41, 5.74) is 0.0877. The number of halogens is 3. The summed E-state index contributed by atoms with van der Waals surface area (Å²) in [6.45, 7) is 2.56. The summed E-state index contributed by atoms with van der Waals surface area (Å²) in [6, 6.07) is 1.35. The molecule has 2 fully saturated rings. The Morgan fingerprint density at radius 2 is 2.22 bits per heavy atom. The highest BCUT2D eigenvalue weighted by Gasteiger charge is 2.50. The fourth-order valence-electron chi connectivity index (χ4n) is 3.67. The van der Waals surface area contributed by atoms with Gasteiger partial charge in [-0.3, -0.25) is 9.48 Å². The lowest BCUT2D eigenvalue weighted by molar-refractivity contribution is -0.142. The number of carbonyl (C=O) groups excluding carboxylic acids is 1. The van der Waals surface area contributed by atoms with E-state index in [1.165, 1.54) is 12.3 Å². The Morgan fingerprint density at radius 3 is 2.87 bits per heavy atom. The number of ether oxygens (including phenoxy) is 1. The Morgan fingerprint density at radius 1 is 1.48 bits per heavy atom. The summed E-state index contributed by atoms with van der Waals surface area (Å²) in [6.07, 6.45) is -0.175. The molecule has 1 aromatic rings. The van der Waals surface area contributed by atoms with Gasteiger partial charge in [0.2, 0.25) is 0 Å². The summed E-state index contributed by atoms with van der Waals surface area (Å²) in [5, 5.41) is 3.63. The fraction of sp³-hybridized carbons (Fsp3) is 0.733. The Kier molecular flexibility index (Phi) is 4.12. The number of hydrogen-bond donors (Lipinski definition) is 0. The molecular weight excluding hydrogens is 311 g/mol. The first-order valence-corrected chi connectivity index (χ1v) is 7.81. The molecule has 1 saturated heterocycles. The van der Waals surface area contributed by atoms with Gasteiger partial charge in [-0.2, -0.15) is 18.3 Å². The maximum absolute atomic E-state index is 12.5. The second-order valence-electron chi connectivity index (χ2n) is 6.45. The van der Waals surface area contributed by atoms with Gasteiger partial charge in [0.1, 0.15) is 12.2 Å². The van der Waals surface area contributed by atoms with Crippen molar-refractivity contribution in [2.45, 2.75) is 45.0 Å². The molecule has 23 heavy (non-hydrogen) atoms. The molecule has 8 heteroatoms. The van der Waals surface area contributed by atoms with Crippen LogP contribution in [0.25, 0.3) is 0 Å². The number of alkyl halides is 3. The number of rotatable bonds is 4. The van der Waals surface area contributed by atoms with Gasteiger partial charge < -0.3 is 9.64 Å². The van der Waals surface area contributed by atoms with Gasteiger partial charge >= 0.3 is 6.18 Å². The number of aromatic nitrogens is 2. The zero-order valence-electron chi connectivity index (χ0n) is 13.0. The zero-order chi connectivity index (χ0) is 16.7. The number of hydrogen-bond acceptors (Lipinski definition) is 3. The molecule has 2 aliphatic rings. The minimum Gasteiger partial charge on any atom is -0.378 e. The maximum atomic E-state index is 12.5. The van der Waals surface area contributed by atoms with Crippen molar-refractivity contribution in [2.24, 2.45) is 5.41 Å². The highest BCUT2D eigenvalue weighted by molar-refractivity contribution is 5.92. The molecule has 5 nitrogen and oxygen atoms in total. The van der Waals surface area contributed by atoms with Crippen LogP contribution in [-0.4, -0.2) is 52.6 Å². The molecule has 1 aliphatic heterocycles. The van der Waals surface area contributed by atoms with E-state index in [0.717, 1.165) is 23.9 Å². The lowest BCUT2D eigenvalue weighted by Crippen LogP contribution is -2.45. The second kappa shape index (κ2) is 5.81. The third-order valence-electron chi connectivity index (χ3n) is 4.71. The molecule has 1 saturated carbocycles. The van der Waals surface area contributed by atoms with Crippen LogP contribution < -0.4 is 0 Å². The molecule has 0 N–H and O–H groups in total. The Balaban J connectivity index is 1.63. The Hall–Kier alpha value is -1.57. The molecule has 2 heterocycles. The first-order chi connectivity index (χ1) is 10.8. The summed E-state index contributed by atoms with van der Waals surface area (Å²) >= 11 is 0. The maximum Gasteiger partial charge on any atom is 0.408 e. The largest absolute Gasteiger partial charge is 0.408 e. The van der Waals surface area contributed by atoms with Gasteiger partial charge in [0, 0.05) is 25.9 Å². The summed E-state index contributed by atoms with van der Waals surface area (Å²) in [4.78, 5) is 14.2. The SMILES string of the molecule is CCOC1CC2(CCN(C(=O)c3ccnn3CC(F)(F)F)C2)C1. The van der Waals surface area contributed by atoms with E-state index in [9.17, 15) is 18.0 Å². The number of amides is 1. The Labute approximate surface area is 132 Å². The highest BCUT2D eigenvalue weighted by Crippen LogP contribution is 2.49. The van der Waals surface area contributed by atoms with Crippen LogP contribution in [0.4, 0.5) is 13.2 Å². The summed E-state index contributed by atoms with van der Waals surface area (Å²) in [7, 11) is 0. The molecule has 1 spiro atoms. The first-order valence-electron chi connectivity index (χ1n) is 7.81. The number of nitrogens with zero attached hydrogens (tertiary/aromatic N) is 3. The topological polar surface area (TPSA) is 47.4 Å². The average Bonchev–Trinajstić information content (AvgIpc) is 3.03. The van der Waals surface area contributed by atoms with E-state index in [1.807, 2.05) is 6.92 Å². The van der Waals surface area contributed by atoms with E-state index in [-0.39, 0.29) is 23.1 Å². The van der Waals surface area contributed by atoms with Crippen LogP contribution in [0, 0.1) is 5.41 Å². The standard InChI is InChI=1S/C15H20F3N3O2/c1-2-23-11-7-14(8-11)4-6-20(9-14)13(22)12-3-5-19-21(12)10-15(16,17)18/h3,5,11H,2,4,6-10H2,1H3. The zero-order valence-corrected chi connectivity index (χ0v) is 13.0. The lowest BCUT2D eigenvalue weighted by Gasteiger charge is -2.44. The molecule has 1 amide bonds. The summed E-state index contributed by atoms with van der Waals surface area (Å²) in [5.74, 6) is -0.372. The molecule has 0 radical (unpaired) electrons. The van der Waals surface area contributed by atoms with Gasteiger partial charge in [0.15, 0.2) is 0 Å². The van der Waals surface area contributed by atoms with E-state index in [4.69, 9.17) is 4.74 Å². The van der Waals surface area contributed by atoms with Gasteiger partial charge in [0.05, 0.1) is 6.10 Å². The van der Waals surface area contributed by atoms with Gasteiger partial charge in [0.25, 0.3) is 5.91 Å².